The van der Waals surface area contributed by atoms with Crippen LogP contribution >= 0.6 is 0 Å². The highest BCUT2D eigenvalue weighted by atomic mass is 16.3. The first-order valence-corrected chi connectivity index (χ1v) is 18.1. The van der Waals surface area contributed by atoms with Gasteiger partial charge in [0.05, 0.1) is 15.3 Å². The Morgan fingerprint density at radius 2 is 0.964 bits per heavy atom. The third-order valence-corrected chi connectivity index (χ3v) is 10.4. The Labute approximate surface area is 327 Å². The number of nitrogens with zero attached hydrogens (tertiary/aromatic N) is 1. The smallest absolute Gasteiger partial charge is 0.143 e. The van der Waals surface area contributed by atoms with E-state index in [0.717, 1.165) is 55.5 Å². The summed E-state index contributed by atoms with van der Waals surface area (Å²) in [6.07, 6.45) is 0. The molecular weight excluding hydrogens is 671 g/mol. The number of rotatable bonds is 6. The number of hydrogen-bond acceptors (Lipinski definition) is 3. The van der Waals surface area contributed by atoms with Crippen LogP contribution in [0.5, 0.6) is 0 Å². The predicted molar refractivity (Wildman–Crippen MR) is 229 cm³/mol. The van der Waals surface area contributed by atoms with Crippen LogP contribution in [-0.2, 0) is 0 Å². The maximum absolute atomic E-state index is 9.31. The van der Waals surface area contributed by atoms with Crippen molar-refractivity contribution in [2.45, 2.75) is 0 Å². The van der Waals surface area contributed by atoms with Gasteiger partial charge >= 0.3 is 0 Å². The first kappa shape index (κ1) is 24.8. The Kier molecular flexibility index (Phi) is 5.70. The van der Waals surface area contributed by atoms with E-state index in [1.807, 2.05) is 66.7 Å². The lowest BCUT2D eigenvalue weighted by Gasteiger charge is -2.27. The molecule has 0 aliphatic rings. The normalized spacial score (nSPS) is 13.4. The second-order valence-corrected chi connectivity index (χ2v) is 13.5. The molecule has 9 aromatic carbocycles. The van der Waals surface area contributed by atoms with Gasteiger partial charge in [0.15, 0.2) is 0 Å². The fourth-order valence-corrected chi connectivity index (χ4v) is 7.84. The van der Waals surface area contributed by atoms with Crippen LogP contribution in [0, 0.1) is 0 Å². The molecule has 0 radical (unpaired) electrons. The van der Waals surface area contributed by atoms with Crippen LogP contribution < -0.4 is 4.90 Å². The molecule has 0 spiro atoms. The van der Waals surface area contributed by atoms with Crippen molar-refractivity contribution in [3.05, 3.63) is 200 Å². The quantitative estimate of drug-likeness (QED) is 0.172. The van der Waals surface area contributed by atoms with Crippen molar-refractivity contribution in [3.63, 3.8) is 0 Å². The molecule has 2 heterocycles. The maximum Gasteiger partial charge on any atom is 0.143 e. The number of hydrogen-bond donors (Lipinski definition) is 0. The average Bonchev–Trinajstić information content (AvgIpc) is 3.91. The van der Waals surface area contributed by atoms with E-state index in [2.05, 4.69) is 89.8 Å². The molecule has 0 aliphatic heterocycles. The minimum absolute atomic E-state index is 0.00969. The van der Waals surface area contributed by atoms with E-state index in [0.29, 0.717) is 22.1 Å². The van der Waals surface area contributed by atoms with Gasteiger partial charge in [-0.1, -0.05) is 158 Å². The van der Waals surface area contributed by atoms with Gasteiger partial charge in [-0.3, -0.25) is 0 Å². The molecule has 55 heavy (non-hydrogen) atoms. The standard InChI is InChI=1S/C52H33NO2/c1-3-13-34(14-4-1)36-25-29-38(30-26-36)53(39-31-27-37(28-32-39)35-15-5-2-6-16-35)47-33-46-50-42(20-12-24-49(50)55-52(46)43-19-8-7-17-40(43)47)45-22-11-21-44-41-18-9-10-23-48(41)54-51(44)45/h1-33H/i9D,10D,11D,18D,21D,22D,23D. The second-order valence-electron chi connectivity index (χ2n) is 13.5. The summed E-state index contributed by atoms with van der Waals surface area (Å²) in [4.78, 5) is 2.24. The van der Waals surface area contributed by atoms with Gasteiger partial charge in [0.2, 0.25) is 0 Å². The van der Waals surface area contributed by atoms with Crippen LogP contribution in [0.3, 0.4) is 0 Å². The zero-order valence-corrected chi connectivity index (χ0v) is 29.3. The lowest BCUT2D eigenvalue weighted by molar-refractivity contribution is 0.670. The molecule has 3 nitrogen and oxygen atoms in total. The van der Waals surface area contributed by atoms with E-state index in [1.165, 1.54) is 0 Å². The SMILES string of the molecule is [2H]c1c([2H])c([2H])c2c(oc3c(-c4cccc5oc6c7ccccc7c(N(c7ccc(-c8ccccc8)cc7)c7ccc(-c8ccccc8)cc7)cc6c45)c([2H])c([2H])c([2H])c32)c1[2H]. The molecule has 0 saturated carbocycles. The molecule has 0 unspecified atom stereocenters. The number of anilines is 3. The van der Waals surface area contributed by atoms with Gasteiger partial charge in [-0.05, 0) is 70.3 Å². The van der Waals surface area contributed by atoms with Gasteiger partial charge in [-0.15, -0.1) is 0 Å². The highest BCUT2D eigenvalue weighted by molar-refractivity contribution is 6.24. The summed E-state index contributed by atoms with van der Waals surface area (Å²) in [5.41, 5.74) is 8.89. The minimum atomic E-state index is -0.469. The highest BCUT2D eigenvalue weighted by Gasteiger charge is 2.23. The Hall–Kier alpha value is -7.36. The first-order chi connectivity index (χ1) is 30.2. The topological polar surface area (TPSA) is 29.5 Å². The fraction of sp³-hybridized carbons (Fsp3) is 0. The van der Waals surface area contributed by atoms with E-state index in [-0.39, 0.29) is 51.7 Å². The van der Waals surface area contributed by atoms with Crippen molar-refractivity contribution in [2.24, 2.45) is 0 Å². The number of para-hydroxylation sites is 2. The van der Waals surface area contributed by atoms with Crippen molar-refractivity contribution in [2.75, 3.05) is 4.90 Å². The molecule has 0 saturated heterocycles. The van der Waals surface area contributed by atoms with E-state index >= 15 is 0 Å². The van der Waals surface area contributed by atoms with Crippen LogP contribution in [-0.4, -0.2) is 0 Å². The fourth-order valence-electron chi connectivity index (χ4n) is 7.84. The van der Waals surface area contributed by atoms with Gasteiger partial charge in [0, 0.05) is 49.3 Å². The predicted octanol–water partition coefficient (Wildman–Crippen LogP) is 15.1. The average molecular weight is 711 g/mol. The van der Waals surface area contributed by atoms with Crippen molar-refractivity contribution < 1.29 is 18.4 Å². The monoisotopic (exact) mass is 710 g/mol. The van der Waals surface area contributed by atoms with Gasteiger partial charge in [0.1, 0.15) is 22.3 Å². The van der Waals surface area contributed by atoms with Gasteiger partial charge in [0.25, 0.3) is 0 Å². The van der Waals surface area contributed by atoms with E-state index in [4.69, 9.17) is 17.1 Å². The van der Waals surface area contributed by atoms with Gasteiger partial charge in [-0.25, -0.2) is 0 Å². The molecule has 3 heteroatoms. The third-order valence-electron chi connectivity index (χ3n) is 10.4. The van der Waals surface area contributed by atoms with Crippen LogP contribution in [0.25, 0.3) is 88.0 Å². The number of fused-ring (bicyclic) bond motifs is 8. The van der Waals surface area contributed by atoms with Crippen LogP contribution in [0.2, 0.25) is 0 Å². The van der Waals surface area contributed by atoms with Crippen molar-refractivity contribution in [1.29, 1.82) is 0 Å². The summed E-state index contributed by atoms with van der Waals surface area (Å²) in [5.74, 6) is 0. The van der Waals surface area contributed by atoms with E-state index in [1.54, 1.807) is 6.07 Å². The second kappa shape index (κ2) is 12.6. The Balaban J connectivity index is 1.20. The third kappa shape index (κ3) is 5.13. The molecule has 258 valence electrons. The van der Waals surface area contributed by atoms with E-state index < -0.39 is 18.1 Å². The molecule has 11 aromatic rings. The lowest BCUT2D eigenvalue weighted by atomic mass is 9.95. The molecule has 0 bridgehead atoms. The Morgan fingerprint density at radius 3 is 1.65 bits per heavy atom. The largest absolute Gasteiger partial charge is 0.455 e. The molecular formula is C52H33NO2. The first-order valence-electron chi connectivity index (χ1n) is 21.6. The zero-order chi connectivity index (χ0) is 42.4. The minimum Gasteiger partial charge on any atom is -0.455 e. The molecule has 11 rings (SSSR count). The summed E-state index contributed by atoms with van der Waals surface area (Å²) in [7, 11) is 0. The van der Waals surface area contributed by atoms with Crippen LogP contribution in [0.4, 0.5) is 17.1 Å². The summed E-state index contributed by atoms with van der Waals surface area (Å²) in [5, 5.41) is 3.26. The van der Waals surface area contributed by atoms with E-state index in [9.17, 15) is 1.37 Å². The highest BCUT2D eigenvalue weighted by Crippen LogP contribution is 2.48. The molecule has 2 aromatic heterocycles. The van der Waals surface area contributed by atoms with Crippen molar-refractivity contribution in [3.8, 4) is 33.4 Å². The maximum atomic E-state index is 9.31. The molecule has 0 N–H and O–H groups in total. The van der Waals surface area contributed by atoms with Crippen molar-refractivity contribution >= 4 is 71.7 Å². The summed E-state index contributed by atoms with van der Waals surface area (Å²) in [6.45, 7) is 0. The Morgan fingerprint density at radius 1 is 0.382 bits per heavy atom. The van der Waals surface area contributed by atoms with Crippen molar-refractivity contribution in [1.82, 2.24) is 0 Å². The van der Waals surface area contributed by atoms with Gasteiger partial charge < -0.3 is 13.7 Å². The summed E-state index contributed by atoms with van der Waals surface area (Å²) < 4.78 is 74.4. The Bertz CT molecular complexity index is 3500. The summed E-state index contributed by atoms with van der Waals surface area (Å²) >= 11 is 0. The van der Waals surface area contributed by atoms with Crippen LogP contribution in [0.15, 0.2) is 209 Å². The van der Waals surface area contributed by atoms with Crippen LogP contribution in [0.1, 0.15) is 9.60 Å². The molecule has 0 fully saturated rings. The molecule has 0 atom stereocenters. The lowest BCUT2D eigenvalue weighted by Crippen LogP contribution is -2.10. The summed E-state index contributed by atoms with van der Waals surface area (Å²) in [6, 6.07) is 50.5. The van der Waals surface area contributed by atoms with Gasteiger partial charge in [-0.2, -0.15) is 0 Å². The number of benzene rings is 9. The molecule has 0 amide bonds. The number of furan rings is 2. The molecule has 0 aliphatic carbocycles. The zero-order valence-electron chi connectivity index (χ0n) is 36.3.